The second kappa shape index (κ2) is 9.31. The Kier molecular flexibility index (Phi) is 6.83. The number of aromatic nitrogens is 2. The molecule has 0 aliphatic carbocycles. The molecule has 1 aromatic heterocycles. The van der Waals surface area contributed by atoms with Crippen LogP contribution in [-0.2, 0) is 13.1 Å². The van der Waals surface area contributed by atoms with Crippen LogP contribution in [0, 0.1) is 6.92 Å². The molecule has 0 spiro atoms. The number of aryl methyl sites for hydroxylation is 1. The Morgan fingerprint density at radius 1 is 1.33 bits per heavy atom. The van der Waals surface area contributed by atoms with Gasteiger partial charge in [0.2, 0.25) is 0 Å². The Hall–Kier alpha value is -1.95. The second-order valence-electron chi connectivity index (χ2n) is 7.37. The first kappa shape index (κ1) is 19.8. The molecule has 2 N–H and O–H groups in total. The van der Waals surface area contributed by atoms with Gasteiger partial charge in [0.25, 0.3) is 0 Å². The summed E-state index contributed by atoms with van der Waals surface area (Å²) in [4.78, 5) is 9.09. The van der Waals surface area contributed by atoms with Crippen molar-refractivity contribution in [3.63, 3.8) is 0 Å². The lowest BCUT2D eigenvalue weighted by molar-refractivity contribution is 0.584. The van der Waals surface area contributed by atoms with E-state index in [1.54, 1.807) is 0 Å². The van der Waals surface area contributed by atoms with Crippen molar-refractivity contribution in [1.29, 1.82) is 0 Å². The summed E-state index contributed by atoms with van der Waals surface area (Å²) in [5.74, 6) is 3.21. The molecular formula is C21H31N5S. The van der Waals surface area contributed by atoms with Gasteiger partial charge in [-0.05, 0) is 50.5 Å². The maximum absolute atomic E-state index is 4.80. The van der Waals surface area contributed by atoms with Gasteiger partial charge in [0.15, 0.2) is 5.96 Å². The van der Waals surface area contributed by atoms with Crippen LogP contribution in [0.4, 0.5) is 0 Å². The van der Waals surface area contributed by atoms with E-state index in [9.17, 15) is 0 Å². The fourth-order valence-electron chi connectivity index (χ4n) is 3.35. The van der Waals surface area contributed by atoms with Gasteiger partial charge in [-0.3, -0.25) is 0 Å². The van der Waals surface area contributed by atoms with Gasteiger partial charge in [-0.2, -0.15) is 11.8 Å². The number of guanidine groups is 1. The zero-order valence-electron chi connectivity index (χ0n) is 16.7. The first-order valence-electron chi connectivity index (χ1n) is 9.80. The van der Waals surface area contributed by atoms with Crippen molar-refractivity contribution >= 4 is 17.7 Å². The van der Waals surface area contributed by atoms with Gasteiger partial charge in [0, 0.05) is 36.8 Å². The number of nitrogens with one attached hydrogen (secondary N) is 2. The maximum Gasteiger partial charge on any atom is 0.191 e. The summed E-state index contributed by atoms with van der Waals surface area (Å²) in [5, 5.41) is 6.91. The molecule has 1 saturated heterocycles. The molecule has 1 aromatic carbocycles. The zero-order chi connectivity index (χ0) is 19.1. The smallest absolute Gasteiger partial charge is 0.191 e. The summed E-state index contributed by atoms with van der Waals surface area (Å²) in [6.07, 6.45) is 6.47. The lowest BCUT2D eigenvalue weighted by Crippen LogP contribution is -2.43. The molecule has 3 rings (SSSR count). The molecule has 6 heteroatoms. The van der Waals surface area contributed by atoms with Gasteiger partial charge in [0.1, 0.15) is 5.82 Å². The topological polar surface area (TPSA) is 54.2 Å². The van der Waals surface area contributed by atoms with Gasteiger partial charge in [0.05, 0.1) is 6.54 Å². The number of hydrogen-bond acceptors (Lipinski definition) is 3. The molecule has 5 nitrogen and oxygen atoms in total. The van der Waals surface area contributed by atoms with E-state index in [-0.39, 0.29) is 0 Å². The van der Waals surface area contributed by atoms with Crippen LogP contribution in [0.5, 0.6) is 0 Å². The molecule has 27 heavy (non-hydrogen) atoms. The number of aliphatic imine (C=N–C) groups is 1. The Balaban J connectivity index is 1.61. The third-order valence-electron chi connectivity index (χ3n) is 4.96. The molecule has 0 saturated carbocycles. The van der Waals surface area contributed by atoms with Gasteiger partial charge in [-0.1, -0.05) is 24.3 Å². The van der Waals surface area contributed by atoms with E-state index >= 15 is 0 Å². The molecule has 1 unspecified atom stereocenters. The van der Waals surface area contributed by atoms with E-state index in [4.69, 9.17) is 4.99 Å². The lowest BCUT2D eigenvalue weighted by atomic mass is 10.1. The quantitative estimate of drug-likeness (QED) is 0.565. The molecule has 0 radical (unpaired) electrons. The van der Waals surface area contributed by atoms with Crippen molar-refractivity contribution < 1.29 is 0 Å². The molecular weight excluding hydrogens is 354 g/mol. The van der Waals surface area contributed by atoms with Crippen LogP contribution in [0.25, 0.3) is 0 Å². The number of benzene rings is 1. The number of nitrogens with zero attached hydrogens (tertiary/aromatic N) is 3. The van der Waals surface area contributed by atoms with E-state index in [1.165, 1.54) is 29.7 Å². The van der Waals surface area contributed by atoms with E-state index in [2.05, 4.69) is 70.1 Å². The third-order valence-corrected chi connectivity index (χ3v) is 6.50. The van der Waals surface area contributed by atoms with Crippen molar-refractivity contribution in [3.05, 3.63) is 53.6 Å². The van der Waals surface area contributed by atoms with Crippen molar-refractivity contribution in [2.45, 2.75) is 51.4 Å². The Labute approximate surface area is 167 Å². The van der Waals surface area contributed by atoms with Crippen molar-refractivity contribution in [3.8, 4) is 0 Å². The number of thioether (sulfide) groups is 1. The zero-order valence-corrected chi connectivity index (χ0v) is 17.5. The van der Waals surface area contributed by atoms with Crippen LogP contribution in [0.15, 0.2) is 41.7 Å². The average Bonchev–Trinajstić information content (AvgIpc) is 3.27. The van der Waals surface area contributed by atoms with Gasteiger partial charge >= 0.3 is 0 Å². The van der Waals surface area contributed by atoms with Crippen LogP contribution in [0.3, 0.4) is 0 Å². The minimum Gasteiger partial charge on any atom is -0.357 e. The minimum atomic E-state index is 0.332. The van der Waals surface area contributed by atoms with Crippen LogP contribution in [0.1, 0.15) is 43.6 Å². The predicted octanol–water partition coefficient (Wildman–Crippen LogP) is 3.58. The molecule has 1 fully saturated rings. The monoisotopic (exact) mass is 385 g/mol. The number of rotatable bonds is 7. The first-order valence-corrected chi connectivity index (χ1v) is 10.8. The highest BCUT2D eigenvalue weighted by Crippen LogP contribution is 2.36. The van der Waals surface area contributed by atoms with E-state index in [0.717, 1.165) is 31.4 Å². The molecule has 1 aliphatic heterocycles. The van der Waals surface area contributed by atoms with Gasteiger partial charge in [-0.15, -0.1) is 0 Å². The average molecular weight is 386 g/mol. The molecule has 2 aromatic rings. The molecule has 146 valence electrons. The van der Waals surface area contributed by atoms with Crippen LogP contribution in [0.2, 0.25) is 0 Å². The van der Waals surface area contributed by atoms with Crippen LogP contribution >= 0.6 is 11.8 Å². The highest BCUT2D eigenvalue weighted by Gasteiger charge is 2.29. The van der Waals surface area contributed by atoms with Crippen LogP contribution < -0.4 is 10.6 Å². The highest BCUT2D eigenvalue weighted by atomic mass is 32.2. The molecule has 2 heterocycles. The van der Waals surface area contributed by atoms with E-state index < -0.39 is 0 Å². The molecule has 0 bridgehead atoms. The summed E-state index contributed by atoms with van der Waals surface area (Å²) in [5.41, 5.74) is 2.50. The summed E-state index contributed by atoms with van der Waals surface area (Å²) in [7, 11) is 0. The Bertz CT molecular complexity index is 761. The van der Waals surface area contributed by atoms with E-state index in [1.807, 2.05) is 19.3 Å². The SMILES string of the molecule is CCNC(=NCc1cccc(Cn2ccnc2C)c1)NCC1(C)CCCS1. The standard InChI is InChI=1S/C21H31N5S/c1-4-22-20(25-16-21(3)9-6-12-27-21)24-14-18-7-5-8-19(13-18)15-26-11-10-23-17(26)2/h5,7-8,10-11,13H,4,6,9,12,14-16H2,1-3H3,(H2,22,24,25). The summed E-state index contributed by atoms with van der Waals surface area (Å²) < 4.78 is 2.49. The molecule has 0 amide bonds. The van der Waals surface area contributed by atoms with Crippen molar-refractivity contribution in [2.75, 3.05) is 18.8 Å². The fraction of sp³-hybridized carbons (Fsp3) is 0.524. The van der Waals surface area contributed by atoms with E-state index in [0.29, 0.717) is 11.3 Å². The summed E-state index contributed by atoms with van der Waals surface area (Å²) in [6, 6.07) is 8.66. The van der Waals surface area contributed by atoms with Crippen molar-refractivity contribution in [1.82, 2.24) is 20.2 Å². The Morgan fingerprint density at radius 2 is 2.19 bits per heavy atom. The van der Waals surface area contributed by atoms with Gasteiger partial charge in [-0.25, -0.2) is 9.98 Å². The van der Waals surface area contributed by atoms with Gasteiger partial charge < -0.3 is 15.2 Å². The molecule has 1 atom stereocenters. The summed E-state index contributed by atoms with van der Waals surface area (Å²) >= 11 is 2.07. The predicted molar refractivity (Wildman–Crippen MR) is 115 cm³/mol. The summed E-state index contributed by atoms with van der Waals surface area (Å²) in [6.45, 7) is 9.85. The normalized spacial score (nSPS) is 20.0. The minimum absolute atomic E-state index is 0.332. The second-order valence-corrected chi connectivity index (χ2v) is 9.06. The molecule has 1 aliphatic rings. The first-order chi connectivity index (χ1) is 13.1. The van der Waals surface area contributed by atoms with Crippen LogP contribution in [-0.4, -0.2) is 39.1 Å². The largest absolute Gasteiger partial charge is 0.357 e. The maximum atomic E-state index is 4.80. The number of imidazole rings is 1. The highest BCUT2D eigenvalue weighted by molar-refractivity contribution is 8.00. The third kappa shape index (κ3) is 5.76. The Morgan fingerprint density at radius 3 is 2.89 bits per heavy atom. The van der Waals surface area contributed by atoms with Crippen molar-refractivity contribution in [2.24, 2.45) is 4.99 Å². The lowest BCUT2D eigenvalue weighted by Gasteiger charge is -2.24. The number of hydrogen-bond donors (Lipinski definition) is 2. The fourth-order valence-corrected chi connectivity index (χ4v) is 4.60.